The predicted octanol–water partition coefficient (Wildman–Crippen LogP) is 4.24. The van der Waals surface area contributed by atoms with Crippen molar-refractivity contribution in [2.75, 3.05) is 5.32 Å². The number of aromatic amines is 1. The minimum Gasteiger partial charge on any atom is -0.307 e. The number of carbonyl (C=O) groups excluding carboxylic acids is 3. The molecule has 4 aromatic rings. The summed E-state index contributed by atoms with van der Waals surface area (Å²) in [5, 5.41) is 11.6. The second-order valence-corrected chi connectivity index (χ2v) is 9.89. The van der Waals surface area contributed by atoms with Gasteiger partial charge in [-0.3, -0.25) is 28.7 Å². The van der Waals surface area contributed by atoms with Gasteiger partial charge in [-0.1, -0.05) is 38.1 Å². The Balaban J connectivity index is 1.78. The molecule has 0 saturated carbocycles. The lowest BCUT2D eigenvalue weighted by molar-refractivity contribution is 0.101. The van der Waals surface area contributed by atoms with Gasteiger partial charge in [-0.05, 0) is 65.9 Å². The Morgan fingerprint density at radius 1 is 1.12 bits per heavy atom. The van der Waals surface area contributed by atoms with Crippen LogP contribution in [-0.2, 0) is 6.54 Å². The summed E-state index contributed by atoms with van der Waals surface area (Å²) in [5.74, 6) is -1.29. The molecule has 0 aliphatic heterocycles. The Labute approximate surface area is 241 Å². The Hall–Kier alpha value is -5.69. The Kier molecular flexibility index (Phi) is 8.83. The van der Waals surface area contributed by atoms with E-state index in [0.29, 0.717) is 17.4 Å². The fourth-order valence-corrected chi connectivity index (χ4v) is 4.64. The molecular formula is C32H27N5O5. The highest BCUT2D eigenvalue weighted by molar-refractivity contribution is 6.09. The van der Waals surface area contributed by atoms with Crippen molar-refractivity contribution >= 4 is 29.9 Å². The number of amides is 1. The first-order valence-electron chi connectivity index (χ1n) is 13.0. The molecule has 10 heteroatoms. The normalized spacial score (nSPS) is 10.9. The maximum absolute atomic E-state index is 14.0. The number of nitrogens with one attached hydrogen (secondary N) is 2. The van der Waals surface area contributed by atoms with Crippen molar-refractivity contribution in [3.63, 3.8) is 0 Å². The van der Waals surface area contributed by atoms with E-state index < -0.39 is 28.9 Å². The lowest BCUT2D eigenvalue weighted by Gasteiger charge is -2.18. The van der Waals surface area contributed by atoms with Crippen LogP contribution in [0.5, 0.6) is 0 Å². The molecule has 210 valence electrons. The number of hydrogen-bond acceptors (Lipinski definition) is 7. The monoisotopic (exact) mass is 561 g/mol. The van der Waals surface area contributed by atoms with Crippen molar-refractivity contribution in [1.29, 1.82) is 5.26 Å². The van der Waals surface area contributed by atoms with Gasteiger partial charge < -0.3 is 5.32 Å². The van der Waals surface area contributed by atoms with Gasteiger partial charge >= 0.3 is 5.69 Å². The smallest absolute Gasteiger partial charge is 0.307 e. The Bertz CT molecular complexity index is 1890. The number of aryl methyl sites for hydroxylation is 1. The quantitative estimate of drug-likeness (QED) is 0.176. The average molecular weight is 562 g/mol. The Morgan fingerprint density at radius 3 is 2.60 bits per heavy atom. The molecule has 0 atom stereocenters. The number of hydrogen-bond donors (Lipinski definition) is 2. The number of nitrogens with zero attached hydrogens (tertiary/aromatic N) is 3. The highest BCUT2D eigenvalue weighted by Gasteiger charge is 2.25. The minimum absolute atomic E-state index is 0.0538. The zero-order chi connectivity index (χ0) is 30.4. The van der Waals surface area contributed by atoms with Gasteiger partial charge in [0.15, 0.2) is 6.29 Å². The standard InChI is InChI=1S/C32H27N5O5/c1-19(2)27-28(29(39)24-14-20(3)13-21(15-24)7-6-11-33)37(32(42)36-31(27)41)17-22-10-12-34-26(16-22)35-30(40)25-9-5-4-8-23(25)18-38/h4-10,12-16,18-19H,17H2,1-3H3,(H,34,35,40)(H,36,41,42)/b7-6+. The number of nitriles is 1. The summed E-state index contributed by atoms with van der Waals surface area (Å²) in [6.45, 7) is 5.20. The van der Waals surface area contributed by atoms with Crippen LogP contribution < -0.4 is 16.6 Å². The van der Waals surface area contributed by atoms with Gasteiger partial charge in [0, 0.05) is 29.0 Å². The molecule has 2 aromatic heterocycles. The minimum atomic E-state index is -0.771. The molecule has 10 nitrogen and oxygen atoms in total. The summed E-state index contributed by atoms with van der Waals surface area (Å²) in [7, 11) is 0. The molecular weight excluding hydrogens is 534 g/mol. The number of rotatable bonds is 9. The van der Waals surface area contributed by atoms with Crippen LogP contribution >= 0.6 is 0 Å². The van der Waals surface area contributed by atoms with Crippen LogP contribution in [0.1, 0.15) is 78.8 Å². The second-order valence-electron chi connectivity index (χ2n) is 9.89. The van der Waals surface area contributed by atoms with Gasteiger partial charge in [-0.2, -0.15) is 5.26 Å². The van der Waals surface area contributed by atoms with Crippen LogP contribution in [0.4, 0.5) is 5.82 Å². The third-order valence-corrected chi connectivity index (χ3v) is 6.48. The molecule has 0 aliphatic carbocycles. The van der Waals surface area contributed by atoms with E-state index >= 15 is 0 Å². The van der Waals surface area contributed by atoms with Crippen molar-refractivity contribution in [2.24, 2.45) is 0 Å². The molecule has 0 saturated heterocycles. The van der Waals surface area contributed by atoms with Crippen LogP contribution in [0.15, 0.2) is 76.5 Å². The zero-order valence-corrected chi connectivity index (χ0v) is 23.2. The molecule has 0 spiro atoms. The first-order valence-corrected chi connectivity index (χ1v) is 13.0. The summed E-state index contributed by atoms with van der Waals surface area (Å²) in [4.78, 5) is 70.7. The van der Waals surface area contributed by atoms with Gasteiger partial charge in [0.25, 0.3) is 11.5 Å². The van der Waals surface area contributed by atoms with Gasteiger partial charge in [-0.15, -0.1) is 0 Å². The molecule has 0 aliphatic rings. The van der Waals surface area contributed by atoms with Crippen molar-refractivity contribution < 1.29 is 14.4 Å². The number of aldehydes is 1. The number of benzene rings is 2. The van der Waals surface area contributed by atoms with E-state index in [2.05, 4.69) is 15.3 Å². The largest absolute Gasteiger partial charge is 0.329 e. The summed E-state index contributed by atoms with van der Waals surface area (Å²) < 4.78 is 1.20. The second kappa shape index (κ2) is 12.7. The molecule has 2 N–H and O–H groups in total. The lowest BCUT2D eigenvalue weighted by Crippen LogP contribution is -2.38. The zero-order valence-electron chi connectivity index (χ0n) is 23.2. The highest BCUT2D eigenvalue weighted by atomic mass is 16.2. The predicted molar refractivity (Wildman–Crippen MR) is 158 cm³/mol. The van der Waals surface area contributed by atoms with Crippen LogP contribution in [0.3, 0.4) is 0 Å². The van der Waals surface area contributed by atoms with E-state index in [1.54, 1.807) is 69.3 Å². The average Bonchev–Trinajstić information content (AvgIpc) is 2.96. The molecule has 1 amide bonds. The highest BCUT2D eigenvalue weighted by Crippen LogP contribution is 2.22. The molecule has 2 heterocycles. The molecule has 2 aromatic carbocycles. The van der Waals surface area contributed by atoms with Gasteiger partial charge in [0.1, 0.15) is 11.5 Å². The summed E-state index contributed by atoms with van der Waals surface area (Å²) in [6, 6.07) is 16.5. The van der Waals surface area contributed by atoms with E-state index in [1.165, 1.54) is 29.0 Å². The van der Waals surface area contributed by atoms with Gasteiger partial charge in [0.2, 0.25) is 5.78 Å². The molecule has 0 fully saturated rings. The van der Waals surface area contributed by atoms with E-state index in [9.17, 15) is 24.0 Å². The molecule has 0 unspecified atom stereocenters. The number of pyridine rings is 1. The first-order chi connectivity index (χ1) is 20.1. The third kappa shape index (κ3) is 6.37. The van der Waals surface area contributed by atoms with Gasteiger partial charge in [0.05, 0.1) is 18.2 Å². The van der Waals surface area contributed by atoms with Gasteiger partial charge in [-0.25, -0.2) is 9.78 Å². The van der Waals surface area contributed by atoms with Crippen LogP contribution in [0.25, 0.3) is 6.08 Å². The number of allylic oxidation sites excluding steroid dienone is 1. The first kappa shape index (κ1) is 29.3. The fraction of sp³-hybridized carbons (Fsp3) is 0.156. The summed E-state index contributed by atoms with van der Waals surface area (Å²) >= 11 is 0. The van der Waals surface area contributed by atoms with Crippen molar-refractivity contribution in [3.8, 4) is 6.07 Å². The number of ketones is 1. The SMILES string of the molecule is Cc1cc(/C=C/C#N)cc(C(=O)c2c(C(C)C)c(=O)[nH]c(=O)n2Cc2ccnc(NC(=O)c3ccccc3C=O)c2)c1. The number of anilines is 1. The van der Waals surface area contributed by atoms with E-state index in [1.807, 2.05) is 6.07 Å². The number of aromatic nitrogens is 3. The van der Waals surface area contributed by atoms with Crippen molar-refractivity contribution in [2.45, 2.75) is 33.2 Å². The molecule has 42 heavy (non-hydrogen) atoms. The number of H-pyrrole nitrogens is 1. The van der Waals surface area contributed by atoms with Crippen molar-refractivity contribution in [1.82, 2.24) is 14.5 Å². The number of carbonyl (C=O) groups is 3. The topological polar surface area (TPSA) is 155 Å². The summed E-state index contributed by atoms with van der Waals surface area (Å²) in [6.07, 6.45) is 4.89. The lowest BCUT2D eigenvalue weighted by atomic mass is 9.95. The maximum atomic E-state index is 14.0. The maximum Gasteiger partial charge on any atom is 0.329 e. The molecule has 0 bridgehead atoms. The Morgan fingerprint density at radius 2 is 1.88 bits per heavy atom. The molecule has 0 radical (unpaired) electrons. The van der Waals surface area contributed by atoms with E-state index in [-0.39, 0.29) is 40.3 Å². The van der Waals surface area contributed by atoms with Crippen LogP contribution in [-0.4, -0.2) is 32.5 Å². The summed E-state index contributed by atoms with van der Waals surface area (Å²) in [5.41, 5.74) is 1.23. The fourth-order valence-electron chi connectivity index (χ4n) is 4.64. The van der Waals surface area contributed by atoms with E-state index in [0.717, 1.165) is 5.56 Å². The van der Waals surface area contributed by atoms with Crippen LogP contribution in [0, 0.1) is 18.3 Å². The van der Waals surface area contributed by atoms with Crippen molar-refractivity contribution in [3.05, 3.63) is 132 Å². The van der Waals surface area contributed by atoms with E-state index in [4.69, 9.17) is 5.26 Å². The third-order valence-electron chi connectivity index (χ3n) is 6.48. The molecule has 4 rings (SSSR count). The van der Waals surface area contributed by atoms with Crippen LogP contribution in [0.2, 0.25) is 0 Å².